The lowest BCUT2D eigenvalue weighted by Crippen LogP contribution is -2.47. The van der Waals surface area contributed by atoms with Crippen molar-refractivity contribution in [3.8, 4) is 0 Å². The second kappa shape index (κ2) is 8.30. The minimum absolute atomic E-state index is 0.0198. The third-order valence-electron chi connectivity index (χ3n) is 5.09. The molecule has 122 valence electrons. The van der Waals surface area contributed by atoms with Crippen molar-refractivity contribution in [3.05, 3.63) is 24.3 Å². The minimum Gasteiger partial charge on any atom is -0.468 e. The van der Waals surface area contributed by atoms with Crippen LogP contribution in [-0.2, 0) is 14.3 Å². The van der Waals surface area contributed by atoms with Gasteiger partial charge in [0.1, 0.15) is 5.41 Å². The van der Waals surface area contributed by atoms with Crippen LogP contribution < -0.4 is 0 Å². The van der Waals surface area contributed by atoms with Crippen LogP contribution in [0.4, 0.5) is 0 Å². The molecule has 0 amide bonds. The monoisotopic (exact) mass is 304 g/mol. The van der Waals surface area contributed by atoms with Gasteiger partial charge in [-0.1, -0.05) is 56.4 Å². The molecule has 0 aromatic carbocycles. The molecule has 0 aromatic rings. The van der Waals surface area contributed by atoms with Gasteiger partial charge < -0.3 is 4.74 Å². The predicted octanol–water partition coefficient (Wildman–Crippen LogP) is 4.37. The molecule has 0 saturated carbocycles. The fourth-order valence-electron chi connectivity index (χ4n) is 3.75. The number of hydrogen-bond donors (Lipinski definition) is 0. The smallest absolute Gasteiger partial charge is 0.320 e. The van der Waals surface area contributed by atoms with Crippen LogP contribution in [0.5, 0.6) is 0 Å². The van der Waals surface area contributed by atoms with Gasteiger partial charge in [0, 0.05) is 12.3 Å². The molecule has 3 nitrogen and oxygen atoms in total. The summed E-state index contributed by atoms with van der Waals surface area (Å²) in [4.78, 5) is 25.2. The van der Waals surface area contributed by atoms with Crippen molar-refractivity contribution in [1.82, 2.24) is 0 Å². The molecule has 0 N–H and O–H groups in total. The van der Waals surface area contributed by atoms with Crippen molar-refractivity contribution in [3.63, 3.8) is 0 Å². The van der Waals surface area contributed by atoms with Gasteiger partial charge in [-0.2, -0.15) is 0 Å². The summed E-state index contributed by atoms with van der Waals surface area (Å²) < 4.78 is 5.04. The standard InChI is InChI=1S/C19H28O3/c1-22-18(21)19-15-10-8-6-4-2-3-5-7-9-12-16(19)13-11-14-17(19)20/h8,10-11,13,16H,2-7,9,12,14-15H2,1H3/b10-8+/t16-,19-/m1/s1. The molecule has 2 rings (SSSR count). The zero-order chi connectivity index (χ0) is 15.8. The minimum atomic E-state index is -0.992. The van der Waals surface area contributed by atoms with Crippen LogP contribution in [0.25, 0.3) is 0 Å². The molecule has 0 aliphatic heterocycles. The van der Waals surface area contributed by atoms with Gasteiger partial charge in [0.05, 0.1) is 7.11 Å². The summed E-state index contributed by atoms with van der Waals surface area (Å²) in [5.41, 5.74) is -0.992. The van der Waals surface area contributed by atoms with Gasteiger partial charge in [-0.3, -0.25) is 9.59 Å². The Balaban J connectivity index is 2.28. The lowest BCUT2D eigenvalue weighted by atomic mass is 9.64. The number of hydrogen-bond acceptors (Lipinski definition) is 3. The van der Waals surface area contributed by atoms with Crippen molar-refractivity contribution in [2.24, 2.45) is 11.3 Å². The van der Waals surface area contributed by atoms with Crippen LogP contribution >= 0.6 is 0 Å². The summed E-state index contributed by atoms with van der Waals surface area (Å²) in [5, 5.41) is 0. The van der Waals surface area contributed by atoms with E-state index in [4.69, 9.17) is 4.74 Å². The molecule has 0 spiro atoms. The van der Waals surface area contributed by atoms with Crippen molar-refractivity contribution in [2.45, 2.75) is 64.2 Å². The van der Waals surface area contributed by atoms with Gasteiger partial charge in [-0.25, -0.2) is 0 Å². The van der Waals surface area contributed by atoms with Crippen LogP contribution in [0, 0.1) is 11.3 Å². The van der Waals surface area contributed by atoms with E-state index in [1.54, 1.807) is 0 Å². The molecule has 0 unspecified atom stereocenters. The molecule has 0 heterocycles. The SMILES string of the molecule is COC(=O)[C@]12C/C=C/CCCCCCCC[C@@H]1C=CCC2=O. The van der Waals surface area contributed by atoms with Crippen LogP contribution in [-0.4, -0.2) is 18.9 Å². The molecule has 0 aromatic heterocycles. The summed E-state index contributed by atoms with van der Waals surface area (Å²) in [7, 11) is 1.39. The summed E-state index contributed by atoms with van der Waals surface area (Å²) >= 11 is 0. The van der Waals surface area contributed by atoms with Gasteiger partial charge in [0.15, 0.2) is 5.78 Å². The fourth-order valence-corrected chi connectivity index (χ4v) is 3.75. The molecule has 0 radical (unpaired) electrons. The number of carbonyl (C=O) groups excluding carboxylic acids is 2. The maximum atomic E-state index is 12.6. The molecule has 0 saturated heterocycles. The average molecular weight is 304 g/mol. The zero-order valence-electron chi connectivity index (χ0n) is 13.7. The second-order valence-electron chi connectivity index (χ2n) is 6.50. The molecular formula is C19H28O3. The molecule has 3 heteroatoms. The lowest BCUT2D eigenvalue weighted by molar-refractivity contribution is -0.161. The number of carbonyl (C=O) groups is 2. The van der Waals surface area contributed by atoms with Gasteiger partial charge in [0.2, 0.25) is 0 Å². The highest BCUT2D eigenvalue weighted by atomic mass is 16.5. The Kier molecular flexibility index (Phi) is 6.41. The number of fused-ring (bicyclic) bond motifs is 1. The first-order chi connectivity index (χ1) is 10.7. The average Bonchev–Trinajstić information content (AvgIpc) is 2.55. The van der Waals surface area contributed by atoms with E-state index in [1.807, 2.05) is 12.2 Å². The molecule has 2 aliphatic rings. The maximum Gasteiger partial charge on any atom is 0.320 e. The van der Waals surface area contributed by atoms with E-state index >= 15 is 0 Å². The quantitative estimate of drug-likeness (QED) is 0.410. The number of methoxy groups -OCH3 is 1. The number of esters is 1. The van der Waals surface area contributed by atoms with E-state index in [9.17, 15) is 9.59 Å². The number of rotatable bonds is 1. The Morgan fingerprint density at radius 2 is 1.82 bits per heavy atom. The summed E-state index contributed by atoms with van der Waals surface area (Å²) in [6, 6.07) is 0. The first-order valence-corrected chi connectivity index (χ1v) is 8.65. The summed E-state index contributed by atoms with van der Waals surface area (Å²) in [6.07, 6.45) is 18.2. The number of allylic oxidation sites excluding steroid dienone is 4. The van der Waals surface area contributed by atoms with Gasteiger partial charge >= 0.3 is 5.97 Å². The van der Waals surface area contributed by atoms with Crippen LogP contribution in [0.2, 0.25) is 0 Å². The topological polar surface area (TPSA) is 43.4 Å². The molecular weight excluding hydrogens is 276 g/mol. The largest absolute Gasteiger partial charge is 0.468 e. The first-order valence-electron chi connectivity index (χ1n) is 8.65. The van der Waals surface area contributed by atoms with E-state index < -0.39 is 5.41 Å². The third kappa shape index (κ3) is 3.68. The molecule has 0 fully saturated rings. The predicted molar refractivity (Wildman–Crippen MR) is 87.4 cm³/mol. The van der Waals surface area contributed by atoms with E-state index in [0.29, 0.717) is 12.8 Å². The van der Waals surface area contributed by atoms with E-state index in [2.05, 4.69) is 12.2 Å². The van der Waals surface area contributed by atoms with Crippen molar-refractivity contribution in [2.75, 3.05) is 7.11 Å². The highest BCUT2D eigenvalue weighted by Crippen LogP contribution is 2.42. The Labute approximate surface area is 133 Å². The van der Waals surface area contributed by atoms with Crippen molar-refractivity contribution >= 4 is 11.8 Å². The number of ether oxygens (including phenoxy) is 1. The van der Waals surface area contributed by atoms with Gasteiger partial charge in [-0.15, -0.1) is 0 Å². The van der Waals surface area contributed by atoms with Crippen LogP contribution in [0.1, 0.15) is 64.2 Å². The summed E-state index contributed by atoms with van der Waals surface area (Å²) in [5.74, 6) is -0.357. The number of Topliss-reactive ketones (excluding diaryl/α,β-unsaturated/α-hetero) is 1. The fraction of sp³-hybridized carbons (Fsp3) is 0.684. The second-order valence-corrected chi connectivity index (χ2v) is 6.50. The Hall–Kier alpha value is -1.38. The van der Waals surface area contributed by atoms with Crippen LogP contribution in [0.15, 0.2) is 24.3 Å². The van der Waals surface area contributed by atoms with Gasteiger partial charge in [0.25, 0.3) is 0 Å². The first kappa shape index (κ1) is 17.0. The van der Waals surface area contributed by atoms with E-state index in [1.165, 1.54) is 39.2 Å². The highest BCUT2D eigenvalue weighted by Gasteiger charge is 2.51. The van der Waals surface area contributed by atoms with Gasteiger partial charge in [-0.05, 0) is 25.7 Å². The zero-order valence-corrected chi connectivity index (χ0v) is 13.7. The Morgan fingerprint density at radius 1 is 1.09 bits per heavy atom. The molecule has 2 atom stereocenters. The van der Waals surface area contributed by atoms with Crippen molar-refractivity contribution < 1.29 is 14.3 Å². The number of ketones is 1. The third-order valence-corrected chi connectivity index (χ3v) is 5.09. The molecule has 0 bridgehead atoms. The molecule has 2 aliphatic carbocycles. The highest BCUT2D eigenvalue weighted by molar-refractivity contribution is 6.05. The van der Waals surface area contributed by atoms with E-state index in [0.717, 1.165) is 19.3 Å². The van der Waals surface area contributed by atoms with Crippen LogP contribution in [0.3, 0.4) is 0 Å². The molecule has 22 heavy (non-hydrogen) atoms. The maximum absolute atomic E-state index is 12.6. The van der Waals surface area contributed by atoms with E-state index in [-0.39, 0.29) is 17.7 Å². The van der Waals surface area contributed by atoms with Crippen molar-refractivity contribution in [1.29, 1.82) is 0 Å². The lowest BCUT2D eigenvalue weighted by Gasteiger charge is -2.37. The Morgan fingerprint density at radius 3 is 2.59 bits per heavy atom. The Bertz CT molecular complexity index is 450. The normalized spacial score (nSPS) is 32.0. The summed E-state index contributed by atoms with van der Waals surface area (Å²) in [6.45, 7) is 0.